The molecular weight excluding hydrogens is 243 g/mol. The molecule has 0 radical (unpaired) electrons. The van der Waals surface area contributed by atoms with Gasteiger partial charge in [-0.25, -0.2) is 4.98 Å². The molecular formula is C12H20F3N3. The summed E-state index contributed by atoms with van der Waals surface area (Å²) in [4.78, 5) is 7.34. The van der Waals surface area contributed by atoms with Gasteiger partial charge in [-0.05, 0) is 5.92 Å². The van der Waals surface area contributed by atoms with Crippen LogP contribution in [0.1, 0.15) is 56.7 Å². The van der Waals surface area contributed by atoms with Crippen LogP contribution in [0.2, 0.25) is 0 Å². The molecule has 6 heteroatoms. The third-order valence-electron chi connectivity index (χ3n) is 2.77. The normalized spacial score (nSPS) is 14.6. The van der Waals surface area contributed by atoms with Gasteiger partial charge < -0.3 is 10.7 Å². The van der Waals surface area contributed by atoms with Crippen molar-refractivity contribution < 1.29 is 13.2 Å². The smallest absolute Gasteiger partial charge is 0.345 e. The van der Waals surface area contributed by atoms with Crippen LogP contribution >= 0.6 is 0 Å². The average Bonchev–Trinajstić information content (AvgIpc) is 2.60. The van der Waals surface area contributed by atoms with Gasteiger partial charge in [0.1, 0.15) is 11.9 Å². The number of rotatable bonds is 4. The summed E-state index contributed by atoms with van der Waals surface area (Å²) in [6, 6.07) is -1.85. The second-order valence-corrected chi connectivity index (χ2v) is 5.15. The van der Waals surface area contributed by atoms with Crippen molar-refractivity contribution in [1.82, 2.24) is 9.97 Å². The highest BCUT2D eigenvalue weighted by molar-refractivity contribution is 5.20. The minimum Gasteiger partial charge on any atom is -0.345 e. The number of nitrogens with one attached hydrogen (secondary N) is 1. The Balaban J connectivity index is 3.00. The third-order valence-corrected chi connectivity index (χ3v) is 2.77. The van der Waals surface area contributed by atoms with E-state index in [2.05, 4.69) is 9.97 Å². The van der Waals surface area contributed by atoms with Crippen molar-refractivity contribution in [1.29, 1.82) is 0 Å². The number of imidazole rings is 1. The van der Waals surface area contributed by atoms with Gasteiger partial charge in [-0.3, -0.25) is 0 Å². The zero-order chi connectivity index (χ0) is 14.1. The lowest BCUT2D eigenvalue weighted by atomic mass is 10.0. The second kappa shape index (κ2) is 5.30. The van der Waals surface area contributed by atoms with Crippen molar-refractivity contribution in [3.8, 4) is 0 Å². The number of hydrogen-bond acceptors (Lipinski definition) is 2. The molecule has 3 nitrogen and oxygen atoms in total. The van der Waals surface area contributed by atoms with Gasteiger partial charge in [-0.2, -0.15) is 13.2 Å². The number of nitrogens with two attached hydrogens (primary N) is 1. The summed E-state index contributed by atoms with van der Waals surface area (Å²) in [5.41, 5.74) is 6.34. The molecule has 0 aromatic carbocycles. The van der Waals surface area contributed by atoms with Gasteiger partial charge in [0.15, 0.2) is 0 Å². The lowest BCUT2D eigenvalue weighted by Gasteiger charge is -2.15. The molecule has 0 saturated heterocycles. The summed E-state index contributed by atoms with van der Waals surface area (Å²) in [5, 5.41) is 0. The lowest BCUT2D eigenvalue weighted by Crippen LogP contribution is -2.39. The Morgan fingerprint density at radius 3 is 2.11 bits per heavy atom. The summed E-state index contributed by atoms with van der Waals surface area (Å²) in [6.45, 7) is 7.69. The number of halogens is 3. The maximum atomic E-state index is 12.5. The summed E-state index contributed by atoms with van der Waals surface area (Å²) in [7, 11) is 0. The second-order valence-electron chi connectivity index (χ2n) is 5.15. The molecule has 0 spiro atoms. The maximum Gasteiger partial charge on any atom is 0.404 e. The van der Waals surface area contributed by atoms with Crippen molar-refractivity contribution in [3.05, 3.63) is 17.2 Å². The highest BCUT2D eigenvalue weighted by Gasteiger charge is 2.37. The molecule has 0 aliphatic carbocycles. The van der Waals surface area contributed by atoms with E-state index in [0.29, 0.717) is 17.2 Å². The average molecular weight is 263 g/mol. The number of hydrogen-bond donors (Lipinski definition) is 2. The molecule has 1 atom stereocenters. The molecule has 1 aromatic heterocycles. The number of alkyl halides is 3. The van der Waals surface area contributed by atoms with Crippen LogP contribution in [0.5, 0.6) is 0 Å². The quantitative estimate of drug-likeness (QED) is 0.877. The topological polar surface area (TPSA) is 54.7 Å². The van der Waals surface area contributed by atoms with Crippen molar-refractivity contribution in [2.45, 2.75) is 58.2 Å². The Hall–Kier alpha value is -1.04. The van der Waals surface area contributed by atoms with Gasteiger partial charge in [-0.1, -0.05) is 27.7 Å². The first-order valence-electron chi connectivity index (χ1n) is 6.03. The van der Waals surface area contributed by atoms with Crippen LogP contribution in [0.3, 0.4) is 0 Å². The molecule has 0 amide bonds. The van der Waals surface area contributed by atoms with E-state index < -0.39 is 12.2 Å². The van der Waals surface area contributed by atoms with E-state index in [9.17, 15) is 13.2 Å². The monoisotopic (exact) mass is 263 g/mol. The summed E-state index contributed by atoms with van der Waals surface area (Å²) >= 11 is 0. The summed E-state index contributed by atoms with van der Waals surface area (Å²) in [5.74, 6) is 0.936. The Morgan fingerprint density at radius 1 is 1.17 bits per heavy atom. The predicted octanol–water partition coefficient (Wildman–Crippen LogP) is 3.09. The molecule has 104 valence electrons. The Morgan fingerprint density at radius 2 is 1.72 bits per heavy atom. The van der Waals surface area contributed by atoms with E-state index in [1.807, 2.05) is 27.7 Å². The SMILES string of the molecule is CC(C)c1nc(C(C)C)c(CC(N)C(F)(F)F)[nH]1. The van der Waals surface area contributed by atoms with Crippen molar-refractivity contribution >= 4 is 0 Å². The molecule has 0 bridgehead atoms. The number of nitrogens with zero attached hydrogens (tertiary/aromatic N) is 1. The van der Waals surface area contributed by atoms with Crippen LogP contribution in [0, 0.1) is 0 Å². The zero-order valence-electron chi connectivity index (χ0n) is 11.1. The predicted molar refractivity (Wildman–Crippen MR) is 64.5 cm³/mol. The summed E-state index contributed by atoms with van der Waals surface area (Å²) < 4.78 is 37.4. The van der Waals surface area contributed by atoms with Gasteiger partial charge in [0, 0.05) is 18.0 Å². The molecule has 1 heterocycles. The lowest BCUT2D eigenvalue weighted by molar-refractivity contribution is -0.147. The Labute approximate surface area is 105 Å². The zero-order valence-corrected chi connectivity index (χ0v) is 11.1. The van der Waals surface area contributed by atoms with Crippen LogP contribution in [0.4, 0.5) is 13.2 Å². The van der Waals surface area contributed by atoms with Crippen molar-refractivity contribution in [3.63, 3.8) is 0 Å². The van der Waals surface area contributed by atoms with E-state index in [1.165, 1.54) is 0 Å². The third kappa shape index (κ3) is 3.48. The van der Waals surface area contributed by atoms with Gasteiger partial charge in [0.05, 0.1) is 5.69 Å². The van der Waals surface area contributed by atoms with Crippen LogP contribution in [0.25, 0.3) is 0 Å². The first-order valence-corrected chi connectivity index (χ1v) is 6.03. The van der Waals surface area contributed by atoms with E-state index in [-0.39, 0.29) is 18.3 Å². The standard InChI is InChI=1S/C12H20F3N3/c1-6(2)10-8(5-9(16)12(13,14)15)17-11(18-10)7(3)4/h6-7,9H,5,16H2,1-4H3,(H,17,18). The molecule has 0 saturated carbocycles. The molecule has 1 aromatic rings. The number of H-pyrrole nitrogens is 1. The van der Waals surface area contributed by atoms with Crippen LogP contribution in [-0.2, 0) is 6.42 Å². The fourth-order valence-electron chi connectivity index (χ4n) is 1.69. The minimum absolute atomic E-state index is 0.0733. The highest BCUT2D eigenvalue weighted by Crippen LogP contribution is 2.26. The number of aromatic amines is 1. The largest absolute Gasteiger partial charge is 0.404 e. The van der Waals surface area contributed by atoms with Gasteiger partial charge in [0.2, 0.25) is 0 Å². The van der Waals surface area contributed by atoms with Crippen LogP contribution in [-0.4, -0.2) is 22.2 Å². The molecule has 1 rings (SSSR count). The maximum absolute atomic E-state index is 12.5. The molecule has 1 unspecified atom stereocenters. The first-order chi connectivity index (χ1) is 8.12. The van der Waals surface area contributed by atoms with Gasteiger partial charge >= 0.3 is 6.18 Å². The number of aromatic nitrogens is 2. The van der Waals surface area contributed by atoms with E-state index in [4.69, 9.17) is 5.73 Å². The minimum atomic E-state index is -4.38. The van der Waals surface area contributed by atoms with Gasteiger partial charge in [0.25, 0.3) is 0 Å². The molecule has 3 N–H and O–H groups in total. The van der Waals surface area contributed by atoms with Crippen molar-refractivity contribution in [2.24, 2.45) is 5.73 Å². The Kier molecular flexibility index (Phi) is 4.42. The van der Waals surface area contributed by atoms with E-state index in [0.717, 1.165) is 0 Å². The van der Waals surface area contributed by atoms with E-state index >= 15 is 0 Å². The molecule has 18 heavy (non-hydrogen) atoms. The first kappa shape index (κ1) is 15.0. The van der Waals surface area contributed by atoms with E-state index in [1.54, 1.807) is 0 Å². The molecule has 0 aliphatic heterocycles. The fourth-order valence-corrected chi connectivity index (χ4v) is 1.69. The summed E-state index contributed by atoms with van der Waals surface area (Å²) in [6.07, 6.45) is -4.63. The fraction of sp³-hybridized carbons (Fsp3) is 0.750. The molecule has 0 aliphatic rings. The highest BCUT2D eigenvalue weighted by atomic mass is 19.4. The van der Waals surface area contributed by atoms with Gasteiger partial charge in [-0.15, -0.1) is 0 Å². The van der Waals surface area contributed by atoms with Crippen LogP contribution < -0.4 is 5.73 Å². The molecule has 0 fully saturated rings. The van der Waals surface area contributed by atoms with Crippen molar-refractivity contribution in [2.75, 3.05) is 0 Å². The Bertz CT molecular complexity index is 394. The van der Waals surface area contributed by atoms with Crippen LogP contribution in [0.15, 0.2) is 0 Å².